The molecule has 4 nitrogen and oxygen atoms in total. The van der Waals surface area contributed by atoms with Crippen molar-refractivity contribution in [2.24, 2.45) is 0 Å². The van der Waals surface area contributed by atoms with Crippen LogP contribution in [0.1, 0.15) is 28.0 Å². The summed E-state index contributed by atoms with van der Waals surface area (Å²) in [5.41, 5.74) is 2.13. The topological polar surface area (TPSA) is 63.1 Å². The van der Waals surface area contributed by atoms with Gasteiger partial charge in [0.05, 0.1) is 10.5 Å². The lowest BCUT2D eigenvalue weighted by atomic mass is 10.2. The van der Waals surface area contributed by atoms with Crippen LogP contribution in [0.5, 0.6) is 0 Å². The minimum atomic E-state index is -1.07. The van der Waals surface area contributed by atoms with Gasteiger partial charge in [0, 0.05) is 11.3 Å². The fourth-order valence-electron chi connectivity index (χ4n) is 2.24. The van der Waals surface area contributed by atoms with E-state index in [4.69, 9.17) is 5.11 Å². The third-order valence-corrected chi connectivity index (χ3v) is 4.30. The normalized spacial score (nSPS) is 13.2. The minimum absolute atomic E-state index is 0.0691. The van der Waals surface area contributed by atoms with E-state index in [0.29, 0.717) is 5.03 Å². The number of halogens is 1. The van der Waals surface area contributed by atoms with Crippen molar-refractivity contribution in [3.63, 3.8) is 0 Å². The fourth-order valence-corrected chi connectivity index (χ4v) is 3.24. The number of hydrogen-bond acceptors (Lipinski definition) is 4. The maximum atomic E-state index is 13.8. The van der Waals surface area contributed by atoms with Gasteiger partial charge in [-0.3, -0.25) is 0 Å². The van der Waals surface area contributed by atoms with Crippen LogP contribution >= 0.6 is 11.8 Å². The summed E-state index contributed by atoms with van der Waals surface area (Å²) in [5.74, 6) is -1.51. The number of carboxylic acid groups (broad SMARTS) is 1. The number of hydrogen-bond donors (Lipinski definition) is 1. The fraction of sp³-hybridized carbons (Fsp3) is 0.214. The lowest BCUT2D eigenvalue weighted by Gasteiger charge is -2.07. The first-order valence-electron chi connectivity index (χ1n) is 6.18. The molecule has 0 amide bonds. The van der Waals surface area contributed by atoms with Crippen LogP contribution in [0.4, 0.5) is 4.39 Å². The second kappa shape index (κ2) is 5.20. The lowest BCUT2D eigenvalue weighted by Crippen LogP contribution is -1.98. The maximum absolute atomic E-state index is 13.8. The highest BCUT2D eigenvalue weighted by atomic mass is 32.2. The highest BCUT2D eigenvalue weighted by molar-refractivity contribution is 7.99. The van der Waals surface area contributed by atoms with E-state index in [2.05, 4.69) is 9.97 Å². The zero-order valence-corrected chi connectivity index (χ0v) is 11.3. The second-order valence-corrected chi connectivity index (χ2v) is 5.54. The summed E-state index contributed by atoms with van der Waals surface area (Å²) in [4.78, 5) is 19.6. The first kappa shape index (κ1) is 13.1. The van der Waals surface area contributed by atoms with Gasteiger partial charge in [0.2, 0.25) is 0 Å². The van der Waals surface area contributed by atoms with E-state index in [1.54, 1.807) is 0 Å². The van der Waals surface area contributed by atoms with E-state index in [-0.39, 0.29) is 10.5 Å². The number of benzene rings is 1. The summed E-state index contributed by atoms with van der Waals surface area (Å²) in [6.45, 7) is 0. The number of fused-ring (bicyclic) bond motifs is 1. The van der Waals surface area contributed by atoms with E-state index in [0.717, 1.165) is 42.3 Å². The molecule has 1 heterocycles. The number of carboxylic acids is 1. The van der Waals surface area contributed by atoms with Gasteiger partial charge in [0.15, 0.2) is 0 Å². The number of carbonyl (C=O) groups is 1. The molecule has 0 radical (unpaired) electrons. The highest BCUT2D eigenvalue weighted by Gasteiger charge is 2.19. The number of rotatable bonds is 3. The molecule has 0 aliphatic heterocycles. The first-order valence-corrected chi connectivity index (χ1v) is 7.00. The molecule has 2 aromatic rings. The first-order chi connectivity index (χ1) is 9.65. The molecular weight excluding hydrogens is 279 g/mol. The van der Waals surface area contributed by atoms with Crippen LogP contribution in [0.15, 0.2) is 34.4 Å². The van der Waals surface area contributed by atoms with Crippen molar-refractivity contribution in [3.8, 4) is 0 Å². The maximum Gasteiger partial charge on any atom is 0.335 e. The van der Waals surface area contributed by atoms with Gasteiger partial charge in [-0.1, -0.05) is 11.8 Å². The van der Waals surface area contributed by atoms with E-state index < -0.39 is 11.8 Å². The predicted molar refractivity (Wildman–Crippen MR) is 71.5 cm³/mol. The summed E-state index contributed by atoms with van der Waals surface area (Å²) in [6, 6.07) is 3.77. The minimum Gasteiger partial charge on any atom is -0.478 e. The molecule has 1 aromatic carbocycles. The summed E-state index contributed by atoms with van der Waals surface area (Å²) < 4.78 is 13.8. The molecule has 3 rings (SSSR count). The highest BCUT2D eigenvalue weighted by Crippen LogP contribution is 2.35. The molecule has 1 aliphatic carbocycles. The molecule has 20 heavy (non-hydrogen) atoms. The van der Waals surface area contributed by atoms with Crippen LogP contribution in [0.2, 0.25) is 0 Å². The predicted octanol–water partition coefficient (Wildman–Crippen LogP) is 2.95. The van der Waals surface area contributed by atoms with Gasteiger partial charge < -0.3 is 5.11 Å². The van der Waals surface area contributed by atoms with E-state index >= 15 is 0 Å². The van der Waals surface area contributed by atoms with Crippen LogP contribution in [-0.2, 0) is 12.8 Å². The van der Waals surface area contributed by atoms with Gasteiger partial charge in [-0.15, -0.1) is 0 Å². The molecule has 0 bridgehead atoms. The molecule has 1 N–H and O–H groups in total. The Labute approximate surface area is 119 Å². The Bertz CT molecular complexity index is 691. The number of aromatic nitrogens is 2. The molecule has 6 heteroatoms. The molecule has 102 valence electrons. The summed E-state index contributed by atoms with van der Waals surface area (Å²) in [6.07, 6.45) is 4.31. The van der Waals surface area contributed by atoms with Crippen molar-refractivity contribution in [2.45, 2.75) is 29.2 Å². The average molecular weight is 290 g/mol. The van der Waals surface area contributed by atoms with Crippen LogP contribution < -0.4 is 0 Å². The van der Waals surface area contributed by atoms with Crippen LogP contribution in [0.25, 0.3) is 0 Å². The third kappa shape index (κ3) is 2.38. The molecule has 0 spiro atoms. The van der Waals surface area contributed by atoms with Crippen LogP contribution in [-0.4, -0.2) is 21.0 Å². The van der Waals surface area contributed by atoms with E-state index in [1.165, 1.54) is 24.5 Å². The molecule has 0 fully saturated rings. The molecule has 0 atom stereocenters. The Morgan fingerprint density at radius 1 is 1.30 bits per heavy atom. The SMILES string of the molecule is O=C(O)c1ccc(F)c(Sc2ncnc3c2CCC3)c1. The number of aromatic carboxylic acids is 1. The van der Waals surface area contributed by atoms with Crippen molar-refractivity contribution in [3.05, 3.63) is 47.2 Å². The van der Waals surface area contributed by atoms with Gasteiger partial charge in [-0.2, -0.15) is 0 Å². The lowest BCUT2D eigenvalue weighted by molar-refractivity contribution is 0.0696. The smallest absolute Gasteiger partial charge is 0.335 e. The van der Waals surface area contributed by atoms with Crippen molar-refractivity contribution in [1.82, 2.24) is 9.97 Å². The average Bonchev–Trinajstić information content (AvgIpc) is 2.90. The number of aryl methyl sites for hydroxylation is 1. The standard InChI is InChI=1S/C14H11FN2O2S/c15-10-5-4-8(14(18)19)6-12(10)20-13-9-2-1-3-11(9)16-7-17-13/h4-7H,1-3H2,(H,18,19). The summed E-state index contributed by atoms with van der Waals surface area (Å²) in [5, 5.41) is 9.68. The molecular formula is C14H11FN2O2S. The monoisotopic (exact) mass is 290 g/mol. The Balaban J connectivity index is 1.98. The zero-order chi connectivity index (χ0) is 14.1. The van der Waals surface area contributed by atoms with Gasteiger partial charge >= 0.3 is 5.97 Å². The molecule has 0 unspecified atom stereocenters. The van der Waals surface area contributed by atoms with Crippen LogP contribution in [0, 0.1) is 5.82 Å². The van der Waals surface area contributed by atoms with Crippen molar-refractivity contribution >= 4 is 17.7 Å². The second-order valence-electron chi connectivity index (χ2n) is 4.51. The van der Waals surface area contributed by atoms with Gasteiger partial charge in [-0.05, 0) is 37.5 Å². The van der Waals surface area contributed by atoms with Crippen LogP contribution in [0.3, 0.4) is 0 Å². The quantitative estimate of drug-likeness (QED) is 0.880. The molecule has 1 aliphatic rings. The van der Waals surface area contributed by atoms with Crippen molar-refractivity contribution < 1.29 is 14.3 Å². The van der Waals surface area contributed by atoms with Gasteiger partial charge in [0.25, 0.3) is 0 Å². The third-order valence-electron chi connectivity index (χ3n) is 3.22. The largest absolute Gasteiger partial charge is 0.478 e. The van der Waals surface area contributed by atoms with Gasteiger partial charge in [0.1, 0.15) is 17.2 Å². The Morgan fingerprint density at radius 2 is 2.15 bits per heavy atom. The Kier molecular flexibility index (Phi) is 3.40. The van der Waals surface area contributed by atoms with E-state index in [9.17, 15) is 9.18 Å². The zero-order valence-electron chi connectivity index (χ0n) is 10.5. The van der Waals surface area contributed by atoms with Gasteiger partial charge in [-0.25, -0.2) is 19.2 Å². The van der Waals surface area contributed by atoms with Crippen molar-refractivity contribution in [1.29, 1.82) is 0 Å². The summed E-state index contributed by atoms with van der Waals surface area (Å²) >= 11 is 1.16. The summed E-state index contributed by atoms with van der Waals surface area (Å²) in [7, 11) is 0. The van der Waals surface area contributed by atoms with E-state index in [1.807, 2.05) is 0 Å². The molecule has 1 aromatic heterocycles. The van der Waals surface area contributed by atoms with Crippen molar-refractivity contribution in [2.75, 3.05) is 0 Å². The Hall–Kier alpha value is -1.95. The molecule has 0 saturated heterocycles. The number of nitrogens with zero attached hydrogens (tertiary/aromatic N) is 2. The Morgan fingerprint density at radius 3 is 2.95 bits per heavy atom. The molecule has 0 saturated carbocycles.